The Hall–Kier alpha value is -5.15. The SMILES string of the molecule is CNc1nc(SCc2csc(-c3ccc(Cl)cc3)n2)c(C#N)c(-c2ccc(OCCOC(=O)[C@H](C)NC(=O)[C@H](C)CC(=O)OC(C)(C)C)cc2)c1C#N. The second-order valence-electron chi connectivity index (χ2n) is 12.8. The minimum atomic E-state index is -0.939. The average molecular weight is 775 g/mol. The summed E-state index contributed by atoms with van der Waals surface area (Å²) in [7, 11) is 1.66. The van der Waals surface area contributed by atoms with Crippen molar-refractivity contribution in [3.8, 4) is 39.6 Å². The van der Waals surface area contributed by atoms with Crippen LogP contribution < -0.4 is 15.4 Å². The first kappa shape index (κ1) is 40.6. The van der Waals surface area contributed by atoms with Gasteiger partial charge in [-0.05, 0) is 57.5 Å². The number of carbonyl (C=O) groups is 3. The van der Waals surface area contributed by atoms with Gasteiger partial charge in [0.1, 0.15) is 64.2 Å². The Morgan fingerprint density at radius 3 is 2.25 bits per heavy atom. The van der Waals surface area contributed by atoms with Gasteiger partial charge in [-0.1, -0.05) is 54.6 Å². The normalized spacial score (nSPS) is 12.1. The maximum atomic E-state index is 12.5. The summed E-state index contributed by atoms with van der Waals surface area (Å²) in [5.41, 5.74) is 2.66. The van der Waals surface area contributed by atoms with Crippen LogP contribution in [-0.2, 0) is 29.6 Å². The molecule has 0 saturated heterocycles. The minimum Gasteiger partial charge on any atom is -0.490 e. The lowest BCUT2D eigenvalue weighted by molar-refractivity contribution is -0.157. The monoisotopic (exact) mass is 774 g/mol. The third-order valence-corrected chi connectivity index (χ3v) is 9.62. The van der Waals surface area contributed by atoms with Gasteiger partial charge in [0.15, 0.2) is 0 Å². The predicted octanol–water partition coefficient (Wildman–Crippen LogP) is 7.40. The van der Waals surface area contributed by atoms with E-state index < -0.39 is 35.4 Å². The quantitative estimate of drug-likeness (QED) is 0.0696. The summed E-state index contributed by atoms with van der Waals surface area (Å²) in [6.07, 6.45) is -0.120. The van der Waals surface area contributed by atoms with E-state index in [-0.39, 0.29) is 30.8 Å². The van der Waals surface area contributed by atoms with Crippen molar-refractivity contribution in [1.29, 1.82) is 10.5 Å². The summed E-state index contributed by atoms with van der Waals surface area (Å²) in [5.74, 6) is -1.06. The van der Waals surface area contributed by atoms with Gasteiger partial charge in [-0.15, -0.1) is 11.3 Å². The van der Waals surface area contributed by atoms with Gasteiger partial charge >= 0.3 is 11.9 Å². The molecule has 0 fully saturated rings. The maximum Gasteiger partial charge on any atom is 0.328 e. The highest BCUT2D eigenvalue weighted by Crippen LogP contribution is 2.38. The molecule has 0 aliphatic rings. The molecule has 0 radical (unpaired) electrons. The molecule has 4 rings (SSSR count). The number of nitrogens with one attached hydrogen (secondary N) is 2. The summed E-state index contributed by atoms with van der Waals surface area (Å²) in [4.78, 5) is 46.3. The molecular formula is C38H39ClN6O6S2. The molecule has 15 heteroatoms. The van der Waals surface area contributed by atoms with Gasteiger partial charge in [0.05, 0.1) is 17.7 Å². The highest BCUT2D eigenvalue weighted by Gasteiger charge is 2.26. The van der Waals surface area contributed by atoms with Crippen molar-refractivity contribution in [2.75, 3.05) is 25.6 Å². The van der Waals surface area contributed by atoms with Crippen LogP contribution in [0.5, 0.6) is 5.75 Å². The Labute approximate surface area is 321 Å². The second kappa shape index (κ2) is 18.6. The zero-order valence-corrected chi connectivity index (χ0v) is 32.5. The van der Waals surface area contributed by atoms with Crippen LogP contribution in [0.25, 0.3) is 21.7 Å². The lowest BCUT2D eigenvalue weighted by Gasteiger charge is -2.21. The number of hydrogen-bond donors (Lipinski definition) is 2. The fraction of sp³-hybridized carbons (Fsp3) is 0.342. The molecule has 4 aromatic rings. The van der Waals surface area contributed by atoms with Crippen molar-refractivity contribution in [1.82, 2.24) is 15.3 Å². The fourth-order valence-corrected chi connectivity index (χ4v) is 6.81. The highest BCUT2D eigenvalue weighted by molar-refractivity contribution is 7.98. The Morgan fingerprint density at radius 1 is 0.962 bits per heavy atom. The fourth-order valence-electron chi connectivity index (χ4n) is 4.88. The van der Waals surface area contributed by atoms with E-state index >= 15 is 0 Å². The number of aromatic nitrogens is 2. The molecule has 53 heavy (non-hydrogen) atoms. The number of amides is 1. The first-order valence-electron chi connectivity index (χ1n) is 16.5. The van der Waals surface area contributed by atoms with Crippen molar-refractivity contribution in [3.63, 3.8) is 0 Å². The van der Waals surface area contributed by atoms with E-state index in [0.29, 0.717) is 38.5 Å². The summed E-state index contributed by atoms with van der Waals surface area (Å²) in [6.45, 7) is 8.25. The van der Waals surface area contributed by atoms with Crippen molar-refractivity contribution in [2.24, 2.45) is 5.92 Å². The number of benzene rings is 2. The number of esters is 2. The van der Waals surface area contributed by atoms with E-state index in [0.717, 1.165) is 16.3 Å². The number of thiazole rings is 1. The lowest BCUT2D eigenvalue weighted by Crippen LogP contribution is -2.43. The third-order valence-electron chi connectivity index (χ3n) is 7.42. The van der Waals surface area contributed by atoms with Crippen LogP contribution in [0.15, 0.2) is 58.9 Å². The molecule has 0 aliphatic carbocycles. The molecule has 2 aromatic carbocycles. The Kier molecular flexibility index (Phi) is 14.2. The standard InChI is InChI=1S/C38H39ClN6O6S2/c1-22(17-31(46)51-38(3,4)5)34(47)43-23(2)37(48)50-16-15-49-28-13-9-24(10-14-28)32-29(18-40)33(42-6)45-36(30(32)19-41)53-21-27-20-52-35(44-27)25-7-11-26(39)12-8-25/h7-14,20,22-23H,15-17,21H2,1-6H3,(H,42,45)(H,43,47)/t22-,23+/m1/s1. The van der Waals surface area contributed by atoms with Gasteiger partial charge in [0.25, 0.3) is 0 Å². The number of nitriles is 2. The summed E-state index contributed by atoms with van der Waals surface area (Å²) in [6, 6.07) is 17.8. The minimum absolute atomic E-state index is 0.0317. The van der Waals surface area contributed by atoms with Crippen LogP contribution in [-0.4, -0.2) is 59.7 Å². The topological polar surface area (TPSA) is 176 Å². The second-order valence-corrected chi connectivity index (χ2v) is 15.0. The highest BCUT2D eigenvalue weighted by atomic mass is 35.5. The Balaban J connectivity index is 1.36. The molecular weight excluding hydrogens is 736 g/mol. The van der Waals surface area contributed by atoms with Crippen LogP contribution in [0.3, 0.4) is 0 Å². The van der Waals surface area contributed by atoms with Crippen molar-refractivity contribution >= 4 is 58.4 Å². The largest absolute Gasteiger partial charge is 0.490 e. The molecule has 276 valence electrons. The van der Waals surface area contributed by atoms with Gasteiger partial charge in [0, 0.05) is 40.2 Å². The average Bonchev–Trinajstić information content (AvgIpc) is 3.60. The summed E-state index contributed by atoms with van der Waals surface area (Å²) < 4.78 is 16.3. The van der Waals surface area contributed by atoms with E-state index in [9.17, 15) is 24.9 Å². The zero-order chi connectivity index (χ0) is 38.7. The third kappa shape index (κ3) is 11.4. The number of carbonyl (C=O) groups excluding carboxylic acids is 3. The van der Waals surface area contributed by atoms with Gasteiger partial charge in [-0.3, -0.25) is 9.59 Å². The van der Waals surface area contributed by atoms with Gasteiger partial charge in [-0.25, -0.2) is 14.8 Å². The molecule has 12 nitrogen and oxygen atoms in total. The van der Waals surface area contributed by atoms with Crippen molar-refractivity contribution < 1.29 is 28.6 Å². The molecule has 0 unspecified atom stereocenters. The van der Waals surface area contributed by atoms with Crippen LogP contribution in [0.1, 0.15) is 57.9 Å². The molecule has 0 aliphatic heterocycles. The molecule has 0 saturated carbocycles. The van der Waals surface area contributed by atoms with Gasteiger partial charge in [-0.2, -0.15) is 10.5 Å². The van der Waals surface area contributed by atoms with Gasteiger partial charge in [0.2, 0.25) is 5.91 Å². The smallest absolute Gasteiger partial charge is 0.328 e. The molecule has 2 N–H and O–H groups in total. The number of rotatable bonds is 15. The first-order chi connectivity index (χ1) is 25.2. The van der Waals surface area contributed by atoms with Crippen molar-refractivity contribution in [2.45, 2.75) is 63.5 Å². The van der Waals surface area contributed by atoms with Crippen LogP contribution in [0.4, 0.5) is 5.82 Å². The van der Waals surface area contributed by atoms with Crippen LogP contribution >= 0.6 is 34.7 Å². The Bertz CT molecular complexity index is 2020. The number of ether oxygens (including phenoxy) is 3. The van der Waals surface area contributed by atoms with Crippen LogP contribution in [0.2, 0.25) is 5.02 Å². The lowest BCUT2D eigenvalue weighted by atomic mass is 9.96. The zero-order valence-electron chi connectivity index (χ0n) is 30.1. The van der Waals surface area contributed by atoms with E-state index in [1.165, 1.54) is 30.0 Å². The number of hydrogen-bond acceptors (Lipinski definition) is 13. The van der Waals surface area contributed by atoms with E-state index in [4.69, 9.17) is 30.8 Å². The molecule has 0 bridgehead atoms. The predicted molar refractivity (Wildman–Crippen MR) is 204 cm³/mol. The first-order valence-corrected chi connectivity index (χ1v) is 18.8. The number of anilines is 1. The number of halogens is 1. The van der Waals surface area contributed by atoms with Crippen molar-refractivity contribution in [3.05, 3.63) is 75.8 Å². The molecule has 2 aromatic heterocycles. The molecule has 1 amide bonds. The van der Waals surface area contributed by atoms with Gasteiger partial charge < -0.3 is 24.8 Å². The van der Waals surface area contributed by atoms with E-state index in [1.807, 2.05) is 29.6 Å². The summed E-state index contributed by atoms with van der Waals surface area (Å²) in [5, 5.41) is 29.8. The van der Waals surface area contributed by atoms with E-state index in [2.05, 4.69) is 27.8 Å². The number of pyridine rings is 1. The van der Waals surface area contributed by atoms with Crippen LogP contribution in [0, 0.1) is 28.6 Å². The maximum absolute atomic E-state index is 12.5. The number of nitrogens with zero attached hydrogens (tertiary/aromatic N) is 4. The van der Waals surface area contributed by atoms with E-state index in [1.54, 1.807) is 59.0 Å². The molecule has 0 spiro atoms. The molecule has 2 atom stereocenters. The molecule has 2 heterocycles. The Morgan fingerprint density at radius 2 is 1.62 bits per heavy atom. The number of thioether (sulfide) groups is 1. The summed E-state index contributed by atoms with van der Waals surface area (Å²) >= 11 is 8.89.